The van der Waals surface area contributed by atoms with Gasteiger partial charge in [-0.1, -0.05) is 25.7 Å². The lowest BCUT2D eigenvalue weighted by molar-refractivity contribution is 0.0174. The first kappa shape index (κ1) is 12.9. The molecule has 2 heteroatoms. The molecule has 18 heavy (non-hydrogen) atoms. The molecule has 0 aromatic rings. The lowest BCUT2D eigenvalue weighted by atomic mass is 9.67. The van der Waals surface area contributed by atoms with Crippen LogP contribution in [0.3, 0.4) is 0 Å². The third kappa shape index (κ3) is 2.46. The summed E-state index contributed by atoms with van der Waals surface area (Å²) in [6.45, 7) is 3.55. The summed E-state index contributed by atoms with van der Waals surface area (Å²) in [7, 11) is 0. The van der Waals surface area contributed by atoms with E-state index in [1.165, 1.54) is 77.3 Å². The lowest BCUT2D eigenvalue weighted by Gasteiger charge is -2.49. The van der Waals surface area contributed by atoms with Gasteiger partial charge in [0.2, 0.25) is 0 Å². The van der Waals surface area contributed by atoms with Crippen molar-refractivity contribution in [3.8, 4) is 0 Å². The average Bonchev–Trinajstić information content (AvgIpc) is 2.36. The van der Waals surface area contributed by atoms with Gasteiger partial charge in [0, 0.05) is 12.6 Å². The van der Waals surface area contributed by atoms with Gasteiger partial charge >= 0.3 is 0 Å². The Kier molecular flexibility index (Phi) is 3.95. The van der Waals surface area contributed by atoms with Crippen LogP contribution >= 0.6 is 0 Å². The molecule has 0 aromatic heterocycles. The first-order valence-electron chi connectivity index (χ1n) is 8.27. The van der Waals surface area contributed by atoms with Crippen LogP contribution in [0.2, 0.25) is 0 Å². The van der Waals surface area contributed by atoms with Crippen molar-refractivity contribution in [1.82, 2.24) is 4.90 Å². The van der Waals surface area contributed by atoms with E-state index in [4.69, 9.17) is 5.73 Å². The molecule has 2 nitrogen and oxygen atoms in total. The molecule has 0 aromatic carbocycles. The smallest absolute Gasteiger partial charge is 0.0246 e. The minimum atomic E-state index is 0.708. The third-order valence-corrected chi connectivity index (χ3v) is 6.18. The van der Waals surface area contributed by atoms with E-state index in [0.717, 1.165) is 17.9 Å². The highest BCUT2D eigenvalue weighted by atomic mass is 15.2. The summed E-state index contributed by atoms with van der Waals surface area (Å²) in [6.07, 6.45) is 14.7. The van der Waals surface area contributed by atoms with Crippen molar-refractivity contribution >= 4 is 0 Å². The van der Waals surface area contributed by atoms with E-state index in [-0.39, 0.29) is 0 Å². The second-order valence-electron chi connectivity index (χ2n) is 7.09. The van der Waals surface area contributed by atoms with Crippen LogP contribution in [0.15, 0.2) is 0 Å². The molecule has 1 atom stereocenters. The van der Waals surface area contributed by atoms with Gasteiger partial charge in [0.15, 0.2) is 0 Å². The Morgan fingerprint density at radius 1 is 0.944 bits per heavy atom. The molecule has 2 saturated carbocycles. The van der Waals surface area contributed by atoms with Gasteiger partial charge in [-0.15, -0.1) is 0 Å². The van der Waals surface area contributed by atoms with Crippen molar-refractivity contribution in [1.29, 1.82) is 0 Å². The van der Waals surface area contributed by atoms with Crippen LogP contribution in [0.4, 0.5) is 0 Å². The van der Waals surface area contributed by atoms with Crippen molar-refractivity contribution in [3.05, 3.63) is 0 Å². The SMILES string of the molecule is NCC(C1CCC1)N1CCC2(CCCCC2)CC1. The predicted molar refractivity (Wildman–Crippen MR) is 76.5 cm³/mol. The second kappa shape index (κ2) is 5.50. The molecule has 3 rings (SSSR count). The summed E-state index contributed by atoms with van der Waals surface area (Å²) in [6, 6.07) is 0.708. The molecular formula is C16H30N2. The summed E-state index contributed by atoms with van der Waals surface area (Å²) in [5, 5.41) is 0. The normalized spacial score (nSPS) is 31.2. The molecule has 1 heterocycles. The maximum atomic E-state index is 6.04. The average molecular weight is 250 g/mol. The van der Waals surface area contributed by atoms with Crippen molar-refractivity contribution < 1.29 is 0 Å². The molecule has 0 amide bonds. The van der Waals surface area contributed by atoms with Crippen molar-refractivity contribution in [2.45, 2.75) is 70.3 Å². The Bertz CT molecular complexity index is 256. The third-order valence-electron chi connectivity index (χ3n) is 6.18. The molecule has 0 bridgehead atoms. The van der Waals surface area contributed by atoms with Gasteiger partial charge in [-0.25, -0.2) is 0 Å². The van der Waals surface area contributed by atoms with Gasteiger partial charge in [0.1, 0.15) is 0 Å². The number of hydrogen-bond donors (Lipinski definition) is 1. The van der Waals surface area contributed by atoms with Gasteiger partial charge in [0.05, 0.1) is 0 Å². The summed E-state index contributed by atoms with van der Waals surface area (Å²) < 4.78 is 0. The van der Waals surface area contributed by atoms with Crippen LogP contribution in [0.1, 0.15) is 64.2 Å². The molecule has 2 N–H and O–H groups in total. The van der Waals surface area contributed by atoms with Crippen molar-refractivity contribution in [2.75, 3.05) is 19.6 Å². The monoisotopic (exact) mass is 250 g/mol. The molecule has 3 fully saturated rings. The summed E-state index contributed by atoms with van der Waals surface area (Å²) in [5.74, 6) is 0.926. The van der Waals surface area contributed by atoms with Gasteiger partial charge in [-0.05, 0) is 62.9 Å². The van der Waals surface area contributed by atoms with Gasteiger partial charge in [-0.2, -0.15) is 0 Å². The van der Waals surface area contributed by atoms with E-state index in [1.807, 2.05) is 0 Å². The van der Waals surface area contributed by atoms with Crippen molar-refractivity contribution in [3.63, 3.8) is 0 Å². The zero-order chi connectivity index (χ0) is 12.4. The van der Waals surface area contributed by atoms with Crippen LogP contribution in [0, 0.1) is 11.3 Å². The molecule has 2 aliphatic carbocycles. The van der Waals surface area contributed by atoms with Crippen molar-refractivity contribution in [2.24, 2.45) is 17.1 Å². The molecule has 1 saturated heterocycles. The first-order valence-corrected chi connectivity index (χ1v) is 8.27. The summed E-state index contributed by atoms with van der Waals surface area (Å²) in [4.78, 5) is 2.74. The van der Waals surface area contributed by atoms with E-state index < -0.39 is 0 Å². The summed E-state index contributed by atoms with van der Waals surface area (Å²) >= 11 is 0. The standard InChI is InChI=1S/C16H30N2/c17-13-15(14-5-4-6-14)18-11-9-16(10-12-18)7-2-1-3-8-16/h14-15H,1-13,17H2. The number of nitrogens with zero attached hydrogens (tertiary/aromatic N) is 1. The topological polar surface area (TPSA) is 29.3 Å². The molecule has 0 radical (unpaired) electrons. The van der Waals surface area contributed by atoms with Gasteiger partial charge < -0.3 is 5.73 Å². The Morgan fingerprint density at radius 2 is 1.61 bits per heavy atom. The fraction of sp³-hybridized carbons (Fsp3) is 1.00. The van der Waals surface area contributed by atoms with Crippen LogP contribution in [0.25, 0.3) is 0 Å². The quantitative estimate of drug-likeness (QED) is 0.833. The predicted octanol–water partition coefficient (Wildman–Crippen LogP) is 3.16. The van der Waals surface area contributed by atoms with Crippen LogP contribution in [-0.2, 0) is 0 Å². The molecular weight excluding hydrogens is 220 g/mol. The highest BCUT2D eigenvalue weighted by molar-refractivity contribution is 4.93. The highest BCUT2D eigenvalue weighted by Crippen LogP contribution is 2.45. The van der Waals surface area contributed by atoms with E-state index in [2.05, 4.69) is 4.90 Å². The van der Waals surface area contributed by atoms with E-state index >= 15 is 0 Å². The minimum absolute atomic E-state index is 0.708. The maximum Gasteiger partial charge on any atom is 0.0246 e. The number of likely N-dealkylation sites (tertiary alicyclic amines) is 1. The Balaban J connectivity index is 1.55. The Hall–Kier alpha value is -0.0800. The Morgan fingerprint density at radius 3 is 2.11 bits per heavy atom. The van der Waals surface area contributed by atoms with Gasteiger partial charge in [-0.3, -0.25) is 4.90 Å². The number of piperidine rings is 1. The highest BCUT2D eigenvalue weighted by Gasteiger charge is 2.39. The maximum absolute atomic E-state index is 6.04. The Labute approximate surface area is 112 Å². The van der Waals surface area contributed by atoms with E-state index in [9.17, 15) is 0 Å². The lowest BCUT2D eigenvalue weighted by Crippen LogP contribution is -2.52. The molecule has 1 unspecified atom stereocenters. The van der Waals surface area contributed by atoms with Crippen LogP contribution in [0.5, 0.6) is 0 Å². The summed E-state index contributed by atoms with van der Waals surface area (Å²) in [5.41, 5.74) is 6.79. The molecule has 104 valence electrons. The number of hydrogen-bond acceptors (Lipinski definition) is 2. The molecule has 3 aliphatic rings. The zero-order valence-corrected chi connectivity index (χ0v) is 11.9. The largest absolute Gasteiger partial charge is 0.329 e. The van der Waals surface area contributed by atoms with Crippen LogP contribution in [-0.4, -0.2) is 30.6 Å². The van der Waals surface area contributed by atoms with E-state index in [0.29, 0.717) is 6.04 Å². The van der Waals surface area contributed by atoms with Gasteiger partial charge in [0.25, 0.3) is 0 Å². The number of rotatable bonds is 3. The minimum Gasteiger partial charge on any atom is -0.329 e. The fourth-order valence-corrected chi connectivity index (χ4v) is 4.60. The fourth-order valence-electron chi connectivity index (χ4n) is 4.60. The van der Waals surface area contributed by atoms with Crippen LogP contribution < -0.4 is 5.73 Å². The zero-order valence-electron chi connectivity index (χ0n) is 11.9. The molecule has 1 spiro atoms. The number of nitrogens with two attached hydrogens (primary N) is 1. The van der Waals surface area contributed by atoms with E-state index in [1.54, 1.807) is 0 Å². The molecule has 1 aliphatic heterocycles. The second-order valence-corrected chi connectivity index (χ2v) is 7.09. The first-order chi connectivity index (χ1) is 8.83.